The van der Waals surface area contributed by atoms with Crippen molar-refractivity contribution in [3.63, 3.8) is 0 Å². The van der Waals surface area contributed by atoms with Gasteiger partial charge in [0.15, 0.2) is 6.29 Å². The van der Waals surface area contributed by atoms with Crippen molar-refractivity contribution in [2.45, 2.75) is 71.6 Å². The van der Waals surface area contributed by atoms with Crippen molar-refractivity contribution in [3.05, 3.63) is 23.2 Å². The van der Waals surface area contributed by atoms with Crippen LogP contribution < -0.4 is 0 Å². The Labute approximate surface area is 111 Å². The van der Waals surface area contributed by atoms with Crippen LogP contribution in [0.1, 0.15) is 80.5 Å². The van der Waals surface area contributed by atoms with Crippen molar-refractivity contribution < 1.29 is 9.21 Å². The fourth-order valence-electron chi connectivity index (χ4n) is 2.25. The van der Waals surface area contributed by atoms with Crippen LogP contribution in [0, 0.1) is 0 Å². The number of carbonyl (C=O) groups excluding carboxylic acids is 1. The summed E-state index contributed by atoms with van der Waals surface area (Å²) in [6.45, 7) is 4.39. The van der Waals surface area contributed by atoms with Gasteiger partial charge in [-0.05, 0) is 19.3 Å². The second kappa shape index (κ2) is 8.96. The lowest BCUT2D eigenvalue weighted by Gasteiger charge is -2.00. The van der Waals surface area contributed by atoms with E-state index in [2.05, 4.69) is 13.8 Å². The molecule has 0 unspecified atom stereocenters. The molecule has 0 atom stereocenters. The Balaban J connectivity index is 2.49. The quantitative estimate of drug-likeness (QED) is 0.434. The van der Waals surface area contributed by atoms with Crippen LogP contribution in [0.15, 0.2) is 10.7 Å². The number of hydrogen-bond donors (Lipinski definition) is 0. The van der Waals surface area contributed by atoms with Crippen LogP contribution in [0.2, 0.25) is 0 Å². The van der Waals surface area contributed by atoms with E-state index in [1.165, 1.54) is 32.1 Å². The summed E-state index contributed by atoms with van der Waals surface area (Å²) in [7, 11) is 0. The average molecular weight is 250 g/mol. The van der Waals surface area contributed by atoms with Gasteiger partial charge in [-0.2, -0.15) is 0 Å². The summed E-state index contributed by atoms with van der Waals surface area (Å²) < 4.78 is 5.56. The van der Waals surface area contributed by atoms with Crippen molar-refractivity contribution in [3.8, 4) is 0 Å². The molecule has 102 valence electrons. The van der Waals surface area contributed by atoms with Crippen molar-refractivity contribution in [1.82, 2.24) is 0 Å². The van der Waals surface area contributed by atoms with E-state index in [4.69, 9.17) is 4.42 Å². The molecule has 0 bridgehead atoms. The highest BCUT2D eigenvalue weighted by Gasteiger charge is 2.12. The lowest BCUT2D eigenvalue weighted by atomic mass is 10.0. The topological polar surface area (TPSA) is 30.2 Å². The van der Waals surface area contributed by atoms with E-state index in [9.17, 15) is 4.79 Å². The van der Waals surface area contributed by atoms with Crippen LogP contribution in [0.3, 0.4) is 0 Å². The molecule has 0 saturated carbocycles. The fourth-order valence-corrected chi connectivity index (χ4v) is 2.25. The highest BCUT2D eigenvalue weighted by Crippen LogP contribution is 2.20. The molecule has 0 saturated heterocycles. The summed E-state index contributed by atoms with van der Waals surface area (Å²) >= 11 is 0. The van der Waals surface area contributed by atoms with Crippen LogP contribution in [0.5, 0.6) is 0 Å². The third-order valence-corrected chi connectivity index (χ3v) is 3.41. The van der Waals surface area contributed by atoms with E-state index in [-0.39, 0.29) is 0 Å². The van der Waals surface area contributed by atoms with Gasteiger partial charge in [0.2, 0.25) is 0 Å². The molecule has 0 aliphatic heterocycles. The normalized spacial score (nSPS) is 10.8. The summed E-state index contributed by atoms with van der Waals surface area (Å²) in [5, 5.41) is 0. The van der Waals surface area contributed by atoms with Gasteiger partial charge in [0.1, 0.15) is 5.76 Å². The lowest BCUT2D eigenvalue weighted by Crippen LogP contribution is -1.93. The SMILES string of the molecule is CCCCCCc1coc(CCCCC)c1C=O. The largest absolute Gasteiger partial charge is 0.468 e. The standard InChI is InChI=1S/C16H26O2/c1-3-5-7-9-10-14-13-18-16(15(14)12-17)11-8-6-4-2/h12-13H,3-11H2,1-2H3. The molecule has 2 nitrogen and oxygen atoms in total. The average Bonchev–Trinajstić information content (AvgIpc) is 2.77. The van der Waals surface area contributed by atoms with E-state index < -0.39 is 0 Å². The zero-order chi connectivity index (χ0) is 13.2. The molecular weight excluding hydrogens is 224 g/mol. The maximum atomic E-state index is 11.2. The highest BCUT2D eigenvalue weighted by molar-refractivity contribution is 5.78. The second-order valence-electron chi connectivity index (χ2n) is 4.98. The summed E-state index contributed by atoms with van der Waals surface area (Å²) in [4.78, 5) is 11.2. The van der Waals surface area contributed by atoms with Gasteiger partial charge in [-0.3, -0.25) is 4.79 Å². The fraction of sp³-hybridized carbons (Fsp3) is 0.688. The zero-order valence-corrected chi connectivity index (χ0v) is 11.8. The van der Waals surface area contributed by atoms with Gasteiger partial charge in [-0.15, -0.1) is 0 Å². The minimum atomic E-state index is 0.822. The van der Waals surface area contributed by atoms with E-state index in [1.54, 1.807) is 6.26 Å². The number of aryl methyl sites for hydroxylation is 2. The monoisotopic (exact) mass is 250 g/mol. The Hall–Kier alpha value is -1.05. The first kappa shape index (κ1) is 15.0. The predicted molar refractivity (Wildman–Crippen MR) is 75.2 cm³/mol. The lowest BCUT2D eigenvalue weighted by molar-refractivity contribution is 0.112. The van der Waals surface area contributed by atoms with Crippen LogP contribution in [0.4, 0.5) is 0 Å². The zero-order valence-electron chi connectivity index (χ0n) is 11.8. The molecule has 1 heterocycles. The minimum Gasteiger partial charge on any atom is -0.468 e. The van der Waals surface area contributed by atoms with E-state index in [0.717, 1.165) is 48.9 Å². The second-order valence-corrected chi connectivity index (χ2v) is 4.98. The summed E-state index contributed by atoms with van der Waals surface area (Å²) in [5.41, 5.74) is 1.93. The Kier molecular flexibility index (Phi) is 7.47. The molecule has 0 fully saturated rings. The van der Waals surface area contributed by atoms with Gasteiger partial charge in [0, 0.05) is 12.0 Å². The van der Waals surface area contributed by atoms with Crippen molar-refractivity contribution >= 4 is 6.29 Å². The molecule has 0 spiro atoms. The maximum absolute atomic E-state index is 11.2. The molecule has 1 aromatic rings. The first-order valence-electron chi connectivity index (χ1n) is 7.37. The smallest absolute Gasteiger partial charge is 0.153 e. The van der Waals surface area contributed by atoms with Gasteiger partial charge in [-0.25, -0.2) is 0 Å². The molecule has 1 rings (SSSR count). The number of unbranched alkanes of at least 4 members (excludes halogenated alkanes) is 5. The van der Waals surface area contributed by atoms with Crippen molar-refractivity contribution in [2.24, 2.45) is 0 Å². The molecule has 1 aromatic heterocycles. The molecule has 18 heavy (non-hydrogen) atoms. The predicted octanol–water partition coefficient (Wildman–Crippen LogP) is 4.95. The number of furan rings is 1. The molecule has 0 aliphatic rings. The molecule has 0 radical (unpaired) electrons. The Morgan fingerprint density at radius 1 is 1.00 bits per heavy atom. The van der Waals surface area contributed by atoms with E-state index >= 15 is 0 Å². The van der Waals surface area contributed by atoms with Crippen LogP contribution in [-0.2, 0) is 12.8 Å². The number of hydrogen-bond acceptors (Lipinski definition) is 2. The van der Waals surface area contributed by atoms with Gasteiger partial charge in [-0.1, -0.05) is 46.0 Å². The Morgan fingerprint density at radius 3 is 2.33 bits per heavy atom. The molecule has 0 aromatic carbocycles. The number of aldehydes is 1. The molecule has 0 amide bonds. The van der Waals surface area contributed by atoms with Gasteiger partial charge >= 0.3 is 0 Å². The van der Waals surface area contributed by atoms with Gasteiger partial charge in [0.05, 0.1) is 11.8 Å². The summed E-state index contributed by atoms with van der Waals surface area (Å²) in [6.07, 6.45) is 13.1. The van der Waals surface area contributed by atoms with E-state index in [0.29, 0.717) is 0 Å². The minimum absolute atomic E-state index is 0.822. The number of carbonyl (C=O) groups is 1. The first-order valence-corrected chi connectivity index (χ1v) is 7.37. The van der Waals surface area contributed by atoms with Gasteiger partial charge < -0.3 is 4.42 Å². The van der Waals surface area contributed by atoms with Gasteiger partial charge in [0.25, 0.3) is 0 Å². The summed E-state index contributed by atoms with van der Waals surface area (Å²) in [5.74, 6) is 0.893. The van der Waals surface area contributed by atoms with Crippen LogP contribution >= 0.6 is 0 Å². The van der Waals surface area contributed by atoms with Crippen LogP contribution in [0.25, 0.3) is 0 Å². The van der Waals surface area contributed by atoms with Crippen LogP contribution in [-0.4, -0.2) is 6.29 Å². The maximum Gasteiger partial charge on any atom is 0.153 e. The Morgan fingerprint density at radius 2 is 1.67 bits per heavy atom. The molecule has 0 aliphatic carbocycles. The Bertz CT molecular complexity index is 339. The molecular formula is C16H26O2. The third-order valence-electron chi connectivity index (χ3n) is 3.41. The van der Waals surface area contributed by atoms with Crippen molar-refractivity contribution in [2.75, 3.05) is 0 Å². The van der Waals surface area contributed by atoms with Crippen molar-refractivity contribution in [1.29, 1.82) is 0 Å². The van der Waals surface area contributed by atoms with E-state index in [1.807, 2.05) is 0 Å². The first-order chi connectivity index (χ1) is 8.83. The number of rotatable bonds is 10. The third kappa shape index (κ3) is 4.67. The highest BCUT2D eigenvalue weighted by atomic mass is 16.3. The molecule has 0 N–H and O–H groups in total. The summed E-state index contributed by atoms with van der Waals surface area (Å²) in [6, 6.07) is 0. The molecule has 2 heteroatoms.